The molecule has 7 atom stereocenters. The highest BCUT2D eigenvalue weighted by atomic mass is 16.7. The Morgan fingerprint density at radius 3 is 1.17 bits per heavy atom. The Balaban J connectivity index is 2.15. The lowest BCUT2D eigenvalue weighted by Crippen LogP contribution is -2.60. The number of nitrogens with one attached hydrogen (secondary N) is 1. The third-order valence-electron chi connectivity index (χ3n) is 14.9. The maximum Gasteiger partial charge on any atom is 0.220 e. The molecule has 1 fully saturated rings. The van der Waals surface area contributed by atoms with E-state index in [2.05, 4.69) is 43.5 Å². The molecule has 7 unspecified atom stereocenters. The number of amides is 1. The molecule has 9 nitrogen and oxygen atoms in total. The Morgan fingerprint density at radius 2 is 0.792 bits per heavy atom. The second-order valence-corrected chi connectivity index (χ2v) is 21.8. The summed E-state index contributed by atoms with van der Waals surface area (Å²) in [6, 6.07) is -0.820. The summed E-state index contributed by atoms with van der Waals surface area (Å²) in [5.41, 5.74) is 0. The van der Waals surface area contributed by atoms with E-state index in [1.165, 1.54) is 244 Å². The highest BCUT2D eigenvalue weighted by molar-refractivity contribution is 5.76. The van der Waals surface area contributed by atoms with Crippen LogP contribution in [-0.2, 0) is 14.3 Å². The summed E-state index contributed by atoms with van der Waals surface area (Å²) in [4.78, 5) is 13.1. The molecule has 0 saturated carbocycles. The summed E-state index contributed by atoms with van der Waals surface area (Å²) in [5, 5.41) is 54.5. The lowest BCUT2D eigenvalue weighted by atomic mass is 9.99. The molecule has 1 saturated heterocycles. The summed E-state index contributed by atoms with van der Waals surface area (Å²) in [5.74, 6) is -0.181. The average Bonchev–Trinajstić information content (AvgIpc) is 3.38. The molecule has 0 aromatic rings. The molecular formula is C63H119NO8. The second-order valence-electron chi connectivity index (χ2n) is 21.8. The number of unbranched alkanes of at least 4 members (excludes halogenated alkanes) is 40. The van der Waals surface area contributed by atoms with E-state index >= 15 is 0 Å². The minimum atomic E-state index is -1.57. The molecule has 1 aliphatic heterocycles. The number of rotatable bonds is 54. The number of ether oxygens (including phenoxy) is 2. The van der Waals surface area contributed by atoms with Crippen LogP contribution in [0.2, 0.25) is 0 Å². The summed E-state index contributed by atoms with van der Waals surface area (Å²) in [6.45, 7) is 3.79. The number of carbonyl (C=O) groups excluding carboxylic acids is 1. The Labute approximate surface area is 444 Å². The van der Waals surface area contributed by atoms with Crippen molar-refractivity contribution >= 4 is 5.91 Å². The van der Waals surface area contributed by atoms with Crippen LogP contribution in [0.1, 0.15) is 303 Å². The molecular weight excluding hydrogens is 899 g/mol. The van der Waals surface area contributed by atoms with E-state index < -0.39 is 49.5 Å². The van der Waals surface area contributed by atoms with Gasteiger partial charge < -0.3 is 40.3 Å². The van der Waals surface area contributed by atoms with Gasteiger partial charge >= 0.3 is 0 Å². The molecule has 424 valence electrons. The van der Waals surface area contributed by atoms with Gasteiger partial charge in [-0.2, -0.15) is 0 Å². The molecule has 1 aliphatic rings. The van der Waals surface area contributed by atoms with Crippen LogP contribution in [0, 0.1) is 0 Å². The fourth-order valence-corrected chi connectivity index (χ4v) is 9.99. The lowest BCUT2D eigenvalue weighted by molar-refractivity contribution is -0.302. The van der Waals surface area contributed by atoms with E-state index in [1.807, 2.05) is 6.08 Å². The van der Waals surface area contributed by atoms with Crippen LogP contribution >= 0.6 is 0 Å². The molecule has 1 rings (SSSR count). The molecule has 1 amide bonds. The van der Waals surface area contributed by atoms with Crippen LogP contribution in [0.15, 0.2) is 36.5 Å². The lowest BCUT2D eigenvalue weighted by Gasteiger charge is -2.40. The summed E-state index contributed by atoms with van der Waals surface area (Å²) in [6.07, 6.45) is 62.3. The Morgan fingerprint density at radius 1 is 0.458 bits per heavy atom. The smallest absolute Gasteiger partial charge is 0.220 e. The van der Waals surface area contributed by atoms with Gasteiger partial charge in [-0.3, -0.25) is 4.79 Å². The largest absolute Gasteiger partial charge is 0.394 e. The van der Waals surface area contributed by atoms with Gasteiger partial charge in [0.25, 0.3) is 0 Å². The van der Waals surface area contributed by atoms with Gasteiger partial charge in [0, 0.05) is 6.42 Å². The Bertz CT molecular complexity index is 1230. The van der Waals surface area contributed by atoms with E-state index in [1.54, 1.807) is 6.08 Å². The van der Waals surface area contributed by atoms with Crippen molar-refractivity contribution in [3.05, 3.63) is 36.5 Å². The van der Waals surface area contributed by atoms with Gasteiger partial charge in [-0.15, -0.1) is 0 Å². The first-order valence-electron chi connectivity index (χ1n) is 31.2. The number of aliphatic hydroxyl groups excluding tert-OH is 5. The predicted octanol–water partition coefficient (Wildman–Crippen LogP) is 15.9. The predicted molar refractivity (Wildman–Crippen MR) is 304 cm³/mol. The van der Waals surface area contributed by atoms with Crippen molar-refractivity contribution in [2.75, 3.05) is 13.2 Å². The van der Waals surface area contributed by atoms with Crippen LogP contribution in [-0.4, -0.2) is 87.5 Å². The average molecular weight is 1020 g/mol. The molecule has 0 radical (unpaired) electrons. The number of carbonyl (C=O) groups is 1. The van der Waals surface area contributed by atoms with Crippen molar-refractivity contribution in [2.45, 2.75) is 346 Å². The van der Waals surface area contributed by atoms with E-state index in [-0.39, 0.29) is 12.5 Å². The fourth-order valence-electron chi connectivity index (χ4n) is 9.99. The van der Waals surface area contributed by atoms with E-state index in [0.717, 1.165) is 38.5 Å². The van der Waals surface area contributed by atoms with Gasteiger partial charge in [0.2, 0.25) is 5.91 Å². The second kappa shape index (κ2) is 52.8. The quantitative estimate of drug-likeness (QED) is 0.0261. The third-order valence-corrected chi connectivity index (χ3v) is 14.9. The van der Waals surface area contributed by atoms with E-state index in [4.69, 9.17) is 9.47 Å². The maximum absolute atomic E-state index is 13.1. The van der Waals surface area contributed by atoms with Crippen molar-refractivity contribution in [2.24, 2.45) is 0 Å². The van der Waals surface area contributed by atoms with Gasteiger partial charge in [-0.25, -0.2) is 0 Å². The molecule has 72 heavy (non-hydrogen) atoms. The van der Waals surface area contributed by atoms with E-state index in [0.29, 0.717) is 6.42 Å². The monoisotopic (exact) mass is 1020 g/mol. The van der Waals surface area contributed by atoms with Gasteiger partial charge in [0.15, 0.2) is 6.29 Å². The molecule has 0 aromatic heterocycles. The number of aliphatic hydroxyl groups is 5. The molecule has 9 heteroatoms. The van der Waals surface area contributed by atoms with Crippen LogP contribution < -0.4 is 5.32 Å². The van der Waals surface area contributed by atoms with Gasteiger partial charge in [-0.1, -0.05) is 275 Å². The van der Waals surface area contributed by atoms with Crippen LogP contribution in [0.4, 0.5) is 0 Å². The Hall–Kier alpha value is -1.59. The normalized spacial score (nSPS) is 19.3. The molecule has 0 aliphatic carbocycles. The first-order valence-corrected chi connectivity index (χ1v) is 31.2. The molecule has 0 spiro atoms. The van der Waals surface area contributed by atoms with Crippen LogP contribution in [0.5, 0.6) is 0 Å². The number of hydrogen-bond donors (Lipinski definition) is 6. The summed E-state index contributed by atoms with van der Waals surface area (Å²) < 4.78 is 11.3. The van der Waals surface area contributed by atoms with Gasteiger partial charge in [0.1, 0.15) is 24.4 Å². The number of allylic oxidation sites excluding steroid dienone is 5. The first kappa shape index (κ1) is 68.4. The SMILES string of the molecule is CCCCCCCCCC/C=C\CCCCCCCCCCCCCCCCCCCCCC(=O)NC(COC1OC(CO)C(O)C(O)C1O)C(O)/C=C/CC/C=C/CCCCCCCCCCCCCC. The molecule has 0 bridgehead atoms. The maximum atomic E-state index is 13.1. The van der Waals surface area contributed by atoms with Gasteiger partial charge in [0.05, 0.1) is 25.4 Å². The first-order chi connectivity index (χ1) is 35.3. The molecule has 1 heterocycles. The molecule has 6 N–H and O–H groups in total. The zero-order valence-corrected chi connectivity index (χ0v) is 47.2. The minimum Gasteiger partial charge on any atom is -0.394 e. The zero-order chi connectivity index (χ0) is 52.2. The number of hydrogen-bond acceptors (Lipinski definition) is 8. The zero-order valence-electron chi connectivity index (χ0n) is 47.2. The van der Waals surface area contributed by atoms with Crippen molar-refractivity contribution in [1.82, 2.24) is 5.32 Å². The van der Waals surface area contributed by atoms with Crippen molar-refractivity contribution in [3.63, 3.8) is 0 Å². The minimum absolute atomic E-state index is 0.181. The highest BCUT2D eigenvalue weighted by Crippen LogP contribution is 2.23. The molecule has 0 aromatic carbocycles. The van der Waals surface area contributed by atoms with Crippen LogP contribution in [0.3, 0.4) is 0 Å². The van der Waals surface area contributed by atoms with Gasteiger partial charge in [-0.05, 0) is 57.8 Å². The van der Waals surface area contributed by atoms with E-state index in [9.17, 15) is 30.3 Å². The third kappa shape index (κ3) is 41.6. The van der Waals surface area contributed by atoms with Crippen molar-refractivity contribution in [3.8, 4) is 0 Å². The highest BCUT2D eigenvalue weighted by Gasteiger charge is 2.44. The fraction of sp³-hybridized carbons (Fsp3) is 0.889. The summed E-state index contributed by atoms with van der Waals surface area (Å²) in [7, 11) is 0. The summed E-state index contributed by atoms with van der Waals surface area (Å²) >= 11 is 0. The van der Waals surface area contributed by atoms with Crippen molar-refractivity contribution in [1.29, 1.82) is 0 Å². The Kier molecular flexibility index (Phi) is 50.2. The van der Waals surface area contributed by atoms with Crippen LogP contribution in [0.25, 0.3) is 0 Å². The topological polar surface area (TPSA) is 149 Å². The van der Waals surface area contributed by atoms with Crippen molar-refractivity contribution < 1.29 is 39.8 Å². The standard InChI is InChI=1S/C63H119NO8/c1-3-5-7-9-11-13-15-17-19-21-23-24-25-26-27-28-29-30-31-32-33-34-35-37-39-41-43-45-47-49-51-53-59(67)64-56(55-71-63-62(70)61(69)60(68)58(54-65)72-63)57(66)52-50-48-46-44-42-40-38-36-22-20-18-16-14-12-10-8-6-4-2/h21,23,42,44,50,52,56-58,60-63,65-66,68-70H,3-20,22,24-41,43,45-49,51,53-55H2,1-2H3,(H,64,67)/b23-21-,44-42+,52-50+.